The summed E-state index contributed by atoms with van der Waals surface area (Å²) in [5, 5.41) is 0. The van der Waals surface area contributed by atoms with E-state index in [1.54, 1.807) is 7.11 Å². The molecule has 1 fully saturated rings. The molecule has 116 valence electrons. The van der Waals surface area contributed by atoms with Crippen molar-refractivity contribution >= 4 is 17.2 Å². The fourth-order valence-electron chi connectivity index (χ4n) is 3.10. The maximum atomic E-state index is 5.79. The van der Waals surface area contributed by atoms with E-state index < -0.39 is 0 Å². The van der Waals surface area contributed by atoms with Gasteiger partial charge in [0.25, 0.3) is 0 Å². The van der Waals surface area contributed by atoms with Crippen molar-refractivity contribution in [3.63, 3.8) is 0 Å². The lowest BCUT2D eigenvalue weighted by Gasteiger charge is -2.21. The highest BCUT2D eigenvalue weighted by atomic mass is 32.1. The van der Waals surface area contributed by atoms with Gasteiger partial charge in [0, 0.05) is 6.54 Å². The Morgan fingerprint density at radius 2 is 2.19 bits per heavy atom. The Morgan fingerprint density at radius 1 is 1.38 bits per heavy atom. The minimum atomic E-state index is 0.399. The molecular weight excluding hydrogens is 280 g/mol. The van der Waals surface area contributed by atoms with Crippen LogP contribution in [0.2, 0.25) is 0 Å². The third-order valence-electron chi connectivity index (χ3n) is 4.45. The van der Waals surface area contributed by atoms with E-state index in [1.165, 1.54) is 44.3 Å². The summed E-state index contributed by atoms with van der Waals surface area (Å²) in [4.78, 5) is 2.94. The van der Waals surface area contributed by atoms with Crippen LogP contribution in [0.25, 0.3) is 0 Å². The van der Waals surface area contributed by atoms with Gasteiger partial charge in [0.05, 0.1) is 12.7 Å². The molecule has 3 nitrogen and oxygen atoms in total. The molecule has 1 saturated heterocycles. The summed E-state index contributed by atoms with van der Waals surface area (Å²) in [6, 6.07) is 6.16. The number of nitrogens with two attached hydrogens (primary N) is 1. The van der Waals surface area contributed by atoms with Crippen molar-refractivity contribution < 1.29 is 4.74 Å². The van der Waals surface area contributed by atoms with Gasteiger partial charge in [0.1, 0.15) is 10.7 Å². The zero-order chi connectivity index (χ0) is 15.2. The number of rotatable bonds is 5. The van der Waals surface area contributed by atoms with Crippen LogP contribution in [0.3, 0.4) is 0 Å². The molecule has 1 aliphatic rings. The molecule has 0 saturated carbocycles. The van der Waals surface area contributed by atoms with Crippen LogP contribution in [-0.4, -0.2) is 30.1 Å². The first-order chi connectivity index (χ1) is 10.1. The summed E-state index contributed by atoms with van der Waals surface area (Å²) in [6.07, 6.45) is 5.29. The molecule has 1 aliphatic heterocycles. The quantitative estimate of drug-likeness (QED) is 0.847. The van der Waals surface area contributed by atoms with Crippen LogP contribution < -0.4 is 10.5 Å². The predicted octanol–water partition coefficient (Wildman–Crippen LogP) is 3.34. The van der Waals surface area contributed by atoms with Gasteiger partial charge in [-0.3, -0.25) is 4.90 Å². The van der Waals surface area contributed by atoms with Crippen molar-refractivity contribution in [2.24, 2.45) is 11.7 Å². The smallest absolute Gasteiger partial charge is 0.129 e. The number of benzene rings is 1. The van der Waals surface area contributed by atoms with Crippen LogP contribution in [0.4, 0.5) is 0 Å². The van der Waals surface area contributed by atoms with Crippen molar-refractivity contribution in [1.29, 1.82) is 0 Å². The topological polar surface area (TPSA) is 38.5 Å². The molecule has 0 aliphatic carbocycles. The van der Waals surface area contributed by atoms with Crippen LogP contribution in [-0.2, 0) is 6.54 Å². The largest absolute Gasteiger partial charge is 0.496 e. The highest BCUT2D eigenvalue weighted by Crippen LogP contribution is 2.24. The Kier molecular flexibility index (Phi) is 6.00. The van der Waals surface area contributed by atoms with E-state index in [4.69, 9.17) is 22.7 Å². The molecule has 21 heavy (non-hydrogen) atoms. The maximum absolute atomic E-state index is 5.79. The van der Waals surface area contributed by atoms with E-state index in [2.05, 4.69) is 24.0 Å². The van der Waals surface area contributed by atoms with E-state index >= 15 is 0 Å². The second kappa shape index (κ2) is 7.76. The first kappa shape index (κ1) is 16.2. The zero-order valence-corrected chi connectivity index (χ0v) is 13.9. The lowest BCUT2D eigenvalue weighted by molar-refractivity contribution is 0.272. The predicted molar refractivity (Wildman–Crippen MR) is 91.8 cm³/mol. The lowest BCUT2D eigenvalue weighted by Crippen LogP contribution is -2.24. The summed E-state index contributed by atoms with van der Waals surface area (Å²) in [7, 11) is 1.65. The average molecular weight is 306 g/mol. The van der Waals surface area contributed by atoms with Crippen molar-refractivity contribution in [3.8, 4) is 5.75 Å². The molecular formula is C17H26N2OS. The van der Waals surface area contributed by atoms with Crippen LogP contribution in [0.5, 0.6) is 5.75 Å². The van der Waals surface area contributed by atoms with Gasteiger partial charge in [-0.05, 0) is 56.0 Å². The van der Waals surface area contributed by atoms with E-state index in [9.17, 15) is 0 Å². The number of nitrogens with zero attached hydrogens (tertiary/aromatic N) is 1. The molecule has 2 rings (SSSR count). The summed E-state index contributed by atoms with van der Waals surface area (Å²) in [6.45, 7) is 5.65. The Balaban J connectivity index is 2.05. The van der Waals surface area contributed by atoms with E-state index in [0.29, 0.717) is 4.99 Å². The van der Waals surface area contributed by atoms with Crippen LogP contribution in [0.15, 0.2) is 18.2 Å². The summed E-state index contributed by atoms with van der Waals surface area (Å²) in [5.41, 5.74) is 7.89. The molecule has 1 aromatic rings. The first-order valence-corrected chi connectivity index (χ1v) is 8.24. The van der Waals surface area contributed by atoms with Gasteiger partial charge in [-0.15, -0.1) is 0 Å². The van der Waals surface area contributed by atoms with Gasteiger partial charge in [-0.1, -0.05) is 31.6 Å². The maximum Gasteiger partial charge on any atom is 0.129 e. The molecule has 0 radical (unpaired) electrons. The van der Waals surface area contributed by atoms with E-state index in [1.807, 2.05) is 6.07 Å². The van der Waals surface area contributed by atoms with E-state index in [0.717, 1.165) is 23.8 Å². The number of hydrogen-bond acceptors (Lipinski definition) is 3. The number of thiocarbonyl (C=S) groups is 1. The van der Waals surface area contributed by atoms with Gasteiger partial charge in [0.2, 0.25) is 0 Å². The number of methoxy groups -OCH3 is 1. The normalized spacial score (nSPS) is 20.0. The van der Waals surface area contributed by atoms with E-state index in [-0.39, 0.29) is 0 Å². The number of hydrogen-bond donors (Lipinski definition) is 1. The number of ether oxygens (including phenoxy) is 1. The van der Waals surface area contributed by atoms with Crippen molar-refractivity contribution in [3.05, 3.63) is 29.3 Å². The third kappa shape index (κ3) is 4.42. The van der Waals surface area contributed by atoms with Crippen molar-refractivity contribution in [2.45, 2.75) is 39.2 Å². The monoisotopic (exact) mass is 306 g/mol. The summed E-state index contributed by atoms with van der Waals surface area (Å²) >= 11 is 5.12. The summed E-state index contributed by atoms with van der Waals surface area (Å²) < 4.78 is 5.32. The molecule has 0 spiro atoms. The molecule has 2 N–H and O–H groups in total. The van der Waals surface area contributed by atoms with Crippen LogP contribution >= 0.6 is 12.2 Å². The van der Waals surface area contributed by atoms with Crippen LogP contribution in [0.1, 0.15) is 43.7 Å². The standard InChI is InChI=1S/C17H26N2OS/c1-3-13-5-4-9-19(10-8-13)12-14-6-7-16(20-2)15(11-14)17(18)21/h6-7,11,13H,3-5,8-10,12H2,1-2H3,(H2,18,21). The summed E-state index contributed by atoms with van der Waals surface area (Å²) in [5.74, 6) is 1.66. The minimum Gasteiger partial charge on any atom is -0.496 e. The second-order valence-corrected chi connectivity index (χ2v) is 6.32. The first-order valence-electron chi connectivity index (χ1n) is 7.83. The zero-order valence-electron chi connectivity index (χ0n) is 13.1. The molecule has 0 amide bonds. The molecule has 1 unspecified atom stereocenters. The van der Waals surface area contributed by atoms with Gasteiger partial charge in [-0.25, -0.2) is 0 Å². The minimum absolute atomic E-state index is 0.399. The fraction of sp³-hybridized carbons (Fsp3) is 0.588. The lowest BCUT2D eigenvalue weighted by atomic mass is 9.98. The average Bonchev–Trinajstić information content (AvgIpc) is 2.72. The molecule has 0 aromatic heterocycles. The second-order valence-electron chi connectivity index (χ2n) is 5.88. The van der Waals surface area contributed by atoms with Gasteiger partial charge >= 0.3 is 0 Å². The Labute approximate surface area is 133 Å². The van der Waals surface area contributed by atoms with Gasteiger partial charge in [-0.2, -0.15) is 0 Å². The molecule has 1 atom stereocenters. The number of likely N-dealkylation sites (tertiary alicyclic amines) is 1. The van der Waals surface area contributed by atoms with Gasteiger partial charge < -0.3 is 10.5 Å². The molecule has 1 aromatic carbocycles. The third-order valence-corrected chi connectivity index (χ3v) is 4.67. The highest BCUT2D eigenvalue weighted by molar-refractivity contribution is 7.80. The highest BCUT2D eigenvalue weighted by Gasteiger charge is 2.16. The Bertz CT molecular complexity index is 490. The molecule has 1 heterocycles. The SMILES string of the molecule is CCC1CCCN(Cc2ccc(OC)c(C(N)=S)c2)CC1. The van der Waals surface area contributed by atoms with Crippen molar-refractivity contribution in [2.75, 3.05) is 20.2 Å². The van der Waals surface area contributed by atoms with Crippen molar-refractivity contribution in [1.82, 2.24) is 4.90 Å². The fourth-order valence-corrected chi connectivity index (χ4v) is 3.25. The Hall–Kier alpha value is -1.13. The van der Waals surface area contributed by atoms with Gasteiger partial charge in [0.15, 0.2) is 0 Å². The Morgan fingerprint density at radius 3 is 2.86 bits per heavy atom. The molecule has 0 bridgehead atoms. The van der Waals surface area contributed by atoms with Crippen LogP contribution in [0, 0.1) is 5.92 Å². The molecule has 4 heteroatoms.